The minimum absolute atomic E-state index is 0.0438. The van der Waals surface area contributed by atoms with Crippen molar-refractivity contribution in [2.75, 3.05) is 5.75 Å². The Kier molecular flexibility index (Phi) is 4.24. The quantitative estimate of drug-likeness (QED) is 0.574. The van der Waals surface area contributed by atoms with Crippen molar-refractivity contribution in [3.63, 3.8) is 0 Å². The van der Waals surface area contributed by atoms with Crippen LogP contribution in [0, 0.1) is 0 Å². The molecular weight excluding hydrogens is 186 g/mol. The molecule has 0 aliphatic rings. The largest absolute Gasteiger partial charge is 0.388 e. The third-order valence-electron chi connectivity index (χ3n) is 1.80. The Hall–Kier alpha value is -0.550. The average molecular weight is 201 g/mol. The molecular formula is C8H15N3OS. The lowest BCUT2D eigenvalue weighted by atomic mass is 10.4. The molecule has 0 aliphatic carbocycles. The van der Waals surface area contributed by atoms with E-state index in [0.29, 0.717) is 5.82 Å². The molecule has 0 aliphatic heterocycles. The molecule has 0 unspecified atom stereocenters. The highest BCUT2D eigenvalue weighted by Gasteiger charge is 2.06. The number of nitrogens with zero attached hydrogens (tertiary/aromatic N) is 3. The van der Waals surface area contributed by atoms with Gasteiger partial charge >= 0.3 is 0 Å². The predicted molar refractivity (Wildman–Crippen MR) is 52.6 cm³/mol. The fourth-order valence-electron chi connectivity index (χ4n) is 0.916. The molecule has 1 aromatic rings. The Balaban J connectivity index is 2.51. The smallest absolute Gasteiger partial charge is 0.191 e. The summed E-state index contributed by atoms with van der Waals surface area (Å²) < 4.78 is 1.83. The first-order chi connectivity index (χ1) is 6.29. The van der Waals surface area contributed by atoms with Crippen molar-refractivity contribution in [1.82, 2.24) is 14.8 Å². The van der Waals surface area contributed by atoms with E-state index < -0.39 is 0 Å². The number of aromatic nitrogens is 3. The summed E-state index contributed by atoms with van der Waals surface area (Å²) in [6.45, 7) is 2.12. The molecule has 1 N–H and O–H groups in total. The van der Waals surface area contributed by atoms with Crippen LogP contribution in [0.1, 0.15) is 25.6 Å². The highest BCUT2D eigenvalue weighted by molar-refractivity contribution is 7.99. The minimum Gasteiger partial charge on any atom is -0.388 e. The summed E-state index contributed by atoms with van der Waals surface area (Å²) >= 11 is 1.69. The van der Waals surface area contributed by atoms with Crippen LogP contribution >= 0.6 is 11.8 Å². The minimum atomic E-state index is -0.0438. The average Bonchev–Trinajstić information content (AvgIpc) is 2.48. The lowest BCUT2D eigenvalue weighted by molar-refractivity contribution is 0.266. The summed E-state index contributed by atoms with van der Waals surface area (Å²) in [6, 6.07) is 0. The summed E-state index contributed by atoms with van der Waals surface area (Å²) in [7, 11) is 1.87. The van der Waals surface area contributed by atoms with Gasteiger partial charge in [-0.05, 0) is 6.42 Å². The first-order valence-corrected chi connectivity index (χ1v) is 5.40. The van der Waals surface area contributed by atoms with Crippen molar-refractivity contribution >= 4 is 11.8 Å². The van der Waals surface area contributed by atoms with Gasteiger partial charge in [0, 0.05) is 12.8 Å². The molecule has 0 radical (unpaired) electrons. The zero-order valence-electron chi connectivity index (χ0n) is 8.03. The zero-order chi connectivity index (χ0) is 9.68. The van der Waals surface area contributed by atoms with Crippen LogP contribution in [0.15, 0.2) is 5.16 Å². The van der Waals surface area contributed by atoms with Crippen molar-refractivity contribution < 1.29 is 5.11 Å². The van der Waals surface area contributed by atoms with Gasteiger partial charge in [-0.3, -0.25) is 0 Å². The van der Waals surface area contributed by atoms with Crippen molar-refractivity contribution in [2.45, 2.75) is 31.5 Å². The number of hydrogen-bond donors (Lipinski definition) is 1. The highest BCUT2D eigenvalue weighted by Crippen LogP contribution is 2.16. The van der Waals surface area contributed by atoms with Gasteiger partial charge in [0.05, 0.1) is 0 Å². The maximum atomic E-state index is 8.87. The molecule has 0 aromatic carbocycles. The van der Waals surface area contributed by atoms with Gasteiger partial charge in [-0.2, -0.15) is 0 Å². The van der Waals surface area contributed by atoms with Crippen molar-refractivity contribution in [3.8, 4) is 0 Å². The molecule has 0 bridgehead atoms. The second kappa shape index (κ2) is 5.24. The Morgan fingerprint density at radius 2 is 2.23 bits per heavy atom. The molecule has 4 nitrogen and oxygen atoms in total. The monoisotopic (exact) mass is 201 g/mol. The highest BCUT2D eigenvalue weighted by atomic mass is 32.2. The lowest BCUT2D eigenvalue weighted by Crippen LogP contribution is -1.98. The van der Waals surface area contributed by atoms with Gasteiger partial charge in [0.15, 0.2) is 11.0 Å². The molecule has 0 spiro atoms. The third kappa shape index (κ3) is 2.70. The van der Waals surface area contributed by atoms with Crippen LogP contribution in [-0.2, 0) is 13.7 Å². The van der Waals surface area contributed by atoms with Gasteiger partial charge in [0.1, 0.15) is 6.61 Å². The maximum Gasteiger partial charge on any atom is 0.191 e. The van der Waals surface area contributed by atoms with E-state index in [0.717, 1.165) is 10.9 Å². The van der Waals surface area contributed by atoms with Crippen LogP contribution in [0.25, 0.3) is 0 Å². The van der Waals surface area contributed by atoms with Gasteiger partial charge in [0.25, 0.3) is 0 Å². The summed E-state index contributed by atoms with van der Waals surface area (Å²) in [6.07, 6.45) is 2.38. The molecule has 0 fully saturated rings. The number of aliphatic hydroxyl groups is 1. The van der Waals surface area contributed by atoms with Gasteiger partial charge in [0.2, 0.25) is 0 Å². The normalized spacial score (nSPS) is 10.7. The predicted octanol–water partition coefficient (Wildman–Crippen LogP) is 1.20. The van der Waals surface area contributed by atoms with E-state index in [1.165, 1.54) is 12.8 Å². The maximum absolute atomic E-state index is 8.87. The number of thioether (sulfide) groups is 1. The van der Waals surface area contributed by atoms with Crippen LogP contribution in [-0.4, -0.2) is 25.6 Å². The van der Waals surface area contributed by atoms with E-state index in [4.69, 9.17) is 5.11 Å². The Morgan fingerprint density at radius 3 is 2.77 bits per heavy atom. The first-order valence-electron chi connectivity index (χ1n) is 4.41. The summed E-state index contributed by atoms with van der Waals surface area (Å²) in [5, 5.41) is 17.6. The topological polar surface area (TPSA) is 50.9 Å². The van der Waals surface area contributed by atoms with E-state index in [1.54, 1.807) is 11.8 Å². The third-order valence-corrected chi connectivity index (χ3v) is 2.90. The van der Waals surface area contributed by atoms with E-state index >= 15 is 0 Å². The Morgan fingerprint density at radius 1 is 1.46 bits per heavy atom. The van der Waals surface area contributed by atoms with E-state index in [9.17, 15) is 0 Å². The molecule has 13 heavy (non-hydrogen) atoms. The van der Waals surface area contributed by atoms with Crippen molar-refractivity contribution in [3.05, 3.63) is 5.82 Å². The SMILES string of the molecule is CCCCSc1nnc(CO)n1C. The van der Waals surface area contributed by atoms with Crippen LogP contribution in [0.3, 0.4) is 0 Å². The molecule has 5 heteroatoms. The summed E-state index contributed by atoms with van der Waals surface area (Å²) in [4.78, 5) is 0. The molecule has 0 saturated heterocycles. The van der Waals surface area contributed by atoms with E-state index in [2.05, 4.69) is 17.1 Å². The standard InChI is InChI=1S/C8H15N3OS/c1-3-4-5-13-8-10-9-7(6-12)11(8)2/h12H,3-6H2,1-2H3. The molecule has 1 rings (SSSR count). The fourth-order valence-corrected chi connectivity index (χ4v) is 1.93. The molecule has 0 amide bonds. The molecule has 74 valence electrons. The van der Waals surface area contributed by atoms with Gasteiger partial charge in [-0.1, -0.05) is 25.1 Å². The van der Waals surface area contributed by atoms with Gasteiger partial charge in [-0.25, -0.2) is 0 Å². The summed E-state index contributed by atoms with van der Waals surface area (Å²) in [5.41, 5.74) is 0. The van der Waals surface area contributed by atoms with E-state index in [-0.39, 0.29) is 6.61 Å². The van der Waals surface area contributed by atoms with Crippen LogP contribution in [0.4, 0.5) is 0 Å². The lowest BCUT2D eigenvalue weighted by Gasteiger charge is -2.00. The Labute approximate surface area is 82.4 Å². The number of unbranched alkanes of at least 4 members (excludes halogenated alkanes) is 1. The number of rotatable bonds is 5. The number of hydrogen-bond acceptors (Lipinski definition) is 4. The first kappa shape index (κ1) is 10.5. The number of aliphatic hydroxyl groups excluding tert-OH is 1. The van der Waals surface area contributed by atoms with Crippen molar-refractivity contribution in [2.24, 2.45) is 7.05 Å². The molecule has 0 atom stereocenters. The zero-order valence-corrected chi connectivity index (χ0v) is 8.84. The van der Waals surface area contributed by atoms with Crippen LogP contribution in [0.2, 0.25) is 0 Å². The molecule has 1 aromatic heterocycles. The second-order valence-electron chi connectivity index (χ2n) is 2.82. The van der Waals surface area contributed by atoms with Gasteiger partial charge in [-0.15, -0.1) is 10.2 Å². The molecule has 1 heterocycles. The van der Waals surface area contributed by atoms with Crippen molar-refractivity contribution in [1.29, 1.82) is 0 Å². The van der Waals surface area contributed by atoms with Crippen LogP contribution < -0.4 is 0 Å². The van der Waals surface area contributed by atoms with Gasteiger partial charge < -0.3 is 9.67 Å². The summed E-state index contributed by atoms with van der Waals surface area (Å²) in [5.74, 6) is 1.69. The molecule has 0 saturated carbocycles. The fraction of sp³-hybridized carbons (Fsp3) is 0.750. The van der Waals surface area contributed by atoms with Crippen LogP contribution in [0.5, 0.6) is 0 Å². The Bertz CT molecular complexity index is 262. The van der Waals surface area contributed by atoms with E-state index in [1.807, 2.05) is 11.6 Å². The second-order valence-corrected chi connectivity index (χ2v) is 3.88.